The van der Waals surface area contributed by atoms with Crippen LogP contribution in [-0.2, 0) is 22.9 Å². The number of piperazine rings is 1. The predicted molar refractivity (Wildman–Crippen MR) is 102 cm³/mol. The average Bonchev–Trinajstić information content (AvgIpc) is 3.13. The van der Waals surface area contributed by atoms with Crippen LogP contribution in [0.2, 0.25) is 0 Å². The molecule has 2 heterocycles. The van der Waals surface area contributed by atoms with Crippen molar-refractivity contribution in [1.29, 1.82) is 0 Å². The maximum Gasteiger partial charge on any atom is 0.243 e. The maximum atomic E-state index is 13.0. The minimum Gasteiger partial charge on any atom is -0.314 e. The molecule has 4 rings (SSSR count). The van der Waals surface area contributed by atoms with E-state index in [1.54, 1.807) is 4.31 Å². The minimum atomic E-state index is -3.35. The lowest BCUT2D eigenvalue weighted by molar-refractivity contribution is 0.179. The van der Waals surface area contributed by atoms with Crippen molar-refractivity contribution in [3.8, 4) is 0 Å². The molecule has 2 aliphatic heterocycles. The van der Waals surface area contributed by atoms with Crippen LogP contribution in [0.1, 0.15) is 30.4 Å². The smallest absolute Gasteiger partial charge is 0.243 e. The Hall–Kier alpha value is -0.660. The average molecular weight is 386 g/mol. The highest BCUT2D eigenvalue weighted by Crippen LogP contribution is 2.28. The van der Waals surface area contributed by atoms with Crippen molar-refractivity contribution in [2.45, 2.75) is 43.0 Å². The van der Waals surface area contributed by atoms with E-state index < -0.39 is 10.0 Å². The molecule has 1 unspecified atom stereocenters. The van der Waals surface area contributed by atoms with E-state index in [-0.39, 0.29) is 12.4 Å². The van der Waals surface area contributed by atoms with Crippen LogP contribution in [0, 0.1) is 0 Å². The fraction of sp³-hybridized carbons (Fsp3) is 0.667. The molecule has 1 aromatic rings. The van der Waals surface area contributed by atoms with E-state index in [4.69, 9.17) is 0 Å². The number of rotatable bonds is 3. The Labute approximate surface area is 157 Å². The summed E-state index contributed by atoms with van der Waals surface area (Å²) in [5, 5.41) is 3.36. The fourth-order valence-electron chi connectivity index (χ4n) is 4.29. The van der Waals surface area contributed by atoms with Gasteiger partial charge in [-0.25, -0.2) is 8.42 Å². The zero-order valence-electron chi connectivity index (χ0n) is 14.6. The first kappa shape index (κ1) is 19.1. The quantitative estimate of drug-likeness (QED) is 0.859. The molecule has 140 valence electrons. The van der Waals surface area contributed by atoms with Gasteiger partial charge in [-0.1, -0.05) is 6.07 Å². The van der Waals surface area contributed by atoms with Crippen molar-refractivity contribution < 1.29 is 8.42 Å². The molecular weight excluding hydrogens is 358 g/mol. The Balaban J connectivity index is 0.00000182. The van der Waals surface area contributed by atoms with Gasteiger partial charge in [-0.05, 0) is 55.4 Å². The van der Waals surface area contributed by atoms with Gasteiger partial charge in [0.15, 0.2) is 0 Å². The Kier molecular flexibility index (Phi) is 6.06. The number of sulfonamides is 1. The Morgan fingerprint density at radius 3 is 2.48 bits per heavy atom. The van der Waals surface area contributed by atoms with Gasteiger partial charge in [0.05, 0.1) is 4.90 Å². The Bertz CT molecular complexity index is 704. The molecule has 0 spiro atoms. The van der Waals surface area contributed by atoms with Crippen molar-refractivity contribution in [2.75, 3.05) is 39.3 Å². The van der Waals surface area contributed by atoms with Gasteiger partial charge in [0, 0.05) is 45.3 Å². The largest absolute Gasteiger partial charge is 0.314 e. The van der Waals surface area contributed by atoms with Gasteiger partial charge in [-0.3, -0.25) is 4.90 Å². The maximum absolute atomic E-state index is 13.0. The van der Waals surface area contributed by atoms with Crippen LogP contribution in [0.4, 0.5) is 0 Å². The first-order valence-electron chi connectivity index (χ1n) is 9.21. The molecule has 0 amide bonds. The van der Waals surface area contributed by atoms with E-state index >= 15 is 0 Å². The lowest BCUT2D eigenvalue weighted by Gasteiger charge is -2.32. The van der Waals surface area contributed by atoms with Crippen LogP contribution in [0.3, 0.4) is 0 Å². The molecule has 3 aliphatic rings. The molecule has 1 aromatic carbocycles. The van der Waals surface area contributed by atoms with Crippen LogP contribution in [0.25, 0.3) is 0 Å². The molecule has 25 heavy (non-hydrogen) atoms. The number of hydrogen-bond donors (Lipinski definition) is 1. The number of nitrogens with one attached hydrogen (secondary N) is 1. The van der Waals surface area contributed by atoms with Gasteiger partial charge in [0.2, 0.25) is 10.0 Å². The molecule has 1 atom stereocenters. The number of halogens is 1. The molecule has 0 radical (unpaired) electrons. The zero-order valence-corrected chi connectivity index (χ0v) is 16.2. The van der Waals surface area contributed by atoms with Crippen molar-refractivity contribution in [3.05, 3.63) is 29.3 Å². The summed E-state index contributed by atoms with van der Waals surface area (Å²) < 4.78 is 27.8. The second kappa shape index (κ2) is 7.92. The molecule has 7 heteroatoms. The van der Waals surface area contributed by atoms with Crippen molar-refractivity contribution in [3.63, 3.8) is 0 Å². The fourth-order valence-corrected chi connectivity index (χ4v) is 5.84. The van der Waals surface area contributed by atoms with Crippen molar-refractivity contribution >= 4 is 22.4 Å². The summed E-state index contributed by atoms with van der Waals surface area (Å²) >= 11 is 0. The standard InChI is InChI=1S/C18H27N3O2S.ClH/c22-24(23,18-6-5-15-3-1-2-4-16(15)13-18)21-10-7-17(14-21)20-11-8-19-9-12-20;/h5-6,13,17,19H,1-4,7-12,14H2;1H. The summed E-state index contributed by atoms with van der Waals surface area (Å²) in [5.74, 6) is 0. The SMILES string of the molecule is Cl.O=S(=O)(c1ccc2c(c1)CCCC2)N1CCC(N2CCNCC2)C1. The van der Waals surface area contributed by atoms with Crippen LogP contribution in [-0.4, -0.2) is 62.9 Å². The molecule has 0 aromatic heterocycles. The van der Waals surface area contributed by atoms with Crippen molar-refractivity contribution in [2.24, 2.45) is 0 Å². The highest BCUT2D eigenvalue weighted by molar-refractivity contribution is 7.89. The monoisotopic (exact) mass is 385 g/mol. The van der Waals surface area contributed by atoms with E-state index in [0.29, 0.717) is 24.0 Å². The minimum absolute atomic E-state index is 0. The summed E-state index contributed by atoms with van der Waals surface area (Å²) in [6.07, 6.45) is 5.44. The van der Waals surface area contributed by atoms with Gasteiger partial charge in [-0.2, -0.15) is 4.31 Å². The molecule has 5 nitrogen and oxygen atoms in total. The van der Waals surface area contributed by atoms with Crippen LogP contribution in [0.5, 0.6) is 0 Å². The summed E-state index contributed by atoms with van der Waals surface area (Å²) in [4.78, 5) is 2.93. The van der Waals surface area contributed by atoms with E-state index in [9.17, 15) is 8.42 Å². The number of benzene rings is 1. The van der Waals surface area contributed by atoms with Gasteiger partial charge in [-0.15, -0.1) is 12.4 Å². The molecule has 0 saturated carbocycles. The molecular formula is C18H28ClN3O2S. The van der Waals surface area contributed by atoms with Crippen molar-refractivity contribution in [1.82, 2.24) is 14.5 Å². The first-order chi connectivity index (χ1) is 11.6. The van der Waals surface area contributed by atoms with Gasteiger partial charge in [0.25, 0.3) is 0 Å². The number of aryl methyl sites for hydroxylation is 2. The first-order valence-corrected chi connectivity index (χ1v) is 10.7. The molecule has 1 N–H and O–H groups in total. The van der Waals surface area contributed by atoms with Gasteiger partial charge < -0.3 is 5.32 Å². The van der Waals surface area contributed by atoms with E-state index in [1.807, 2.05) is 18.2 Å². The lowest BCUT2D eigenvalue weighted by atomic mass is 9.92. The highest BCUT2D eigenvalue weighted by atomic mass is 35.5. The second-order valence-electron chi connectivity index (χ2n) is 7.23. The van der Waals surface area contributed by atoms with Crippen LogP contribution < -0.4 is 5.32 Å². The third-order valence-corrected chi connectivity index (χ3v) is 7.61. The predicted octanol–water partition coefficient (Wildman–Crippen LogP) is 1.66. The van der Waals surface area contributed by atoms with Crippen LogP contribution in [0.15, 0.2) is 23.1 Å². The molecule has 2 saturated heterocycles. The summed E-state index contributed by atoms with van der Waals surface area (Å²) in [7, 11) is -3.35. The van der Waals surface area contributed by atoms with E-state index in [1.165, 1.54) is 24.0 Å². The third-order valence-electron chi connectivity index (χ3n) is 5.75. The summed E-state index contributed by atoms with van der Waals surface area (Å²) in [6.45, 7) is 5.35. The number of fused-ring (bicyclic) bond motifs is 1. The van der Waals surface area contributed by atoms with E-state index in [0.717, 1.165) is 45.4 Å². The second-order valence-corrected chi connectivity index (χ2v) is 9.17. The lowest BCUT2D eigenvalue weighted by Crippen LogP contribution is -2.49. The highest BCUT2D eigenvalue weighted by Gasteiger charge is 2.35. The molecule has 0 bridgehead atoms. The van der Waals surface area contributed by atoms with Crippen LogP contribution >= 0.6 is 12.4 Å². The summed E-state index contributed by atoms with van der Waals surface area (Å²) in [5.41, 5.74) is 2.57. The Morgan fingerprint density at radius 2 is 1.72 bits per heavy atom. The van der Waals surface area contributed by atoms with Gasteiger partial charge in [0.1, 0.15) is 0 Å². The third kappa shape index (κ3) is 3.88. The van der Waals surface area contributed by atoms with E-state index in [2.05, 4.69) is 10.2 Å². The molecule has 2 fully saturated rings. The Morgan fingerprint density at radius 1 is 1.00 bits per heavy atom. The number of nitrogens with zero attached hydrogens (tertiary/aromatic N) is 2. The summed E-state index contributed by atoms with van der Waals surface area (Å²) in [6, 6.07) is 6.16. The molecule has 1 aliphatic carbocycles. The normalized spacial score (nSPS) is 25.4. The topological polar surface area (TPSA) is 52.7 Å². The van der Waals surface area contributed by atoms with Gasteiger partial charge >= 0.3 is 0 Å². The zero-order chi connectivity index (χ0) is 16.6. The number of hydrogen-bond acceptors (Lipinski definition) is 4.